The molecule has 0 aromatic heterocycles. The maximum Gasteiger partial charge on any atom is 0.120 e. The lowest BCUT2D eigenvalue weighted by Crippen LogP contribution is -2.16. The Labute approximate surface area is 85.0 Å². The smallest absolute Gasteiger partial charge is 0.120 e. The van der Waals surface area contributed by atoms with E-state index in [1.165, 1.54) is 12.8 Å². The van der Waals surface area contributed by atoms with Crippen molar-refractivity contribution in [2.24, 2.45) is 23.7 Å². The van der Waals surface area contributed by atoms with Crippen LogP contribution >= 0.6 is 0 Å². The maximum atomic E-state index is 10.4. The summed E-state index contributed by atoms with van der Waals surface area (Å²) in [4.78, 5) is 10.4. The molecule has 1 N–H and O–H groups in total. The minimum atomic E-state index is 0.163. The average Bonchev–Trinajstić information content (AvgIpc) is 2.78. The van der Waals surface area contributed by atoms with Crippen LogP contribution in [0.25, 0.3) is 0 Å². The predicted octanol–water partition coefficient (Wildman–Crippen LogP) is 1.79. The van der Waals surface area contributed by atoms with Crippen LogP contribution in [0.2, 0.25) is 0 Å². The molecule has 2 aliphatic carbocycles. The first-order chi connectivity index (χ1) is 6.83. The number of carbonyl (C=O) groups is 1. The monoisotopic (exact) mass is 194 g/mol. The van der Waals surface area contributed by atoms with Crippen molar-refractivity contribution in [3.8, 4) is 0 Å². The summed E-state index contributed by atoms with van der Waals surface area (Å²) in [6.07, 6.45) is 9.72. The van der Waals surface area contributed by atoms with Crippen molar-refractivity contribution < 1.29 is 9.90 Å². The van der Waals surface area contributed by atoms with Crippen LogP contribution in [-0.4, -0.2) is 18.0 Å². The lowest BCUT2D eigenvalue weighted by Gasteiger charge is -2.22. The molecule has 0 aromatic rings. The number of hydrogen-bond donors (Lipinski definition) is 1. The molecule has 2 nitrogen and oxygen atoms in total. The van der Waals surface area contributed by atoms with Crippen molar-refractivity contribution in [1.82, 2.24) is 0 Å². The zero-order chi connectivity index (χ0) is 9.97. The fourth-order valence-electron chi connectivity index (χ4n) is 2.98. The number of hydrogen-bond acceptors (Lipinski definition) is 2. The zero-order valence-electron chi connectivity index (χ0n) is 8.43. The van der Waals surface area contributed by atoms with E-state index in [9.17, 15) is 4.79 Å². The highest BCUT2D eigenvalue weighted by Crippen LogP contribution is 2.46. The molecule has 2 heteroatoms. The standard InChI is InChI=1S/C12H18O2/c13-4-3-10(8-14)7-12-6-9-1-2-11(12)5-9/h1-2,4,9-12,14H,3,5-8H2. The number of fused-ring (bicyclic) bond motifs is 2. The highest BCUT2D eigenvalue weighted by Gasteiger charge is 2.36. The molecule has 2 bridgehead atoms. The molecule has 1 saturated carbocycles. The minimum Gasteiger partial charge on any atom is -0.396 e. The van der Waals surface area contributed by atoms with Gasteiger partial charge in [0.15, 0.2) is 0 Å². The van der Waals surface area contributed by atoms with Gasteiger partial charge in [-0.25, -0.2) is 0 Å². The van der Waals surface area contributed by atoms with Gasteiger partial charge < -0.3 is 9.90 Å². The van der Waals surface area contributed by atoms with Gasteiger partial charge in [0.2, 0.25) is 0 Å². The summed E-state index contributed by atoms with van der Waals surface area (Å²) in [5.74, 6) is 2.45. The van der Waals surface area contributed by atoms with Crippen LogP contribution in [0.4, 0.5) is 0 Å². The van der Waals surface area contributed by atoms with Crippen LogP contribution in [0.3, 0.4) is 0 Å². The van der Waals surface area contributed by atoms with Crippen molar-refractivity contribution in [2.45, 2.75) is 25.7 Å². The van der Waals surface area contributed by atoms with Gasteiger partial charge >= 0.3 is 0 Å². The van der Waals surface area contributed by atoms with Gasteiger partial charge in [0, 0.05) is 13.0 Å². The highest BCUT2D eigenvalue weighted by molar-refractivity contribution is 5.49. The van der Waals surface area contributed by atoms with Gasteiger partial charge in [-0.1, -0.05) is 12.2 Å². The van der Waals surface area contributed by atoms with E-state index in [1.807, 2.05) is 0 Å². The summed E-state index contributed by atoms with van der Waals surface area (Å²) in [6, 6.07) is 0. The molecule has 78 valence electrons. The molecule has 0 amide bonds. The summed E-state index contributed by atoms with van der Waals surface area (Å²) in [5.41, 5.74) is 0. The predicted molar refractivity (Wildman–Crippen MR) is 54.7 cm³/mol. The normalized spacial score (nSPS) is 36.2. The van der Waals surface area contributed by atoms with Gasteiger partial charge in [-0.15, -0.1) is 0 Å². The van der Waals surface area contributed by atoms with E-state index in [0.717, 1.165) is 30.5 Å². The van der Waals surface area contributed by atoms with Crippen LogP contribution in [0.5, 0.6) is 0 Å². The molecular formula is C12H18O2. The number of rotatable bonds is 5. The second-order valence-corrected chi connectivity index (χ2v) is 4.73. The first-order valence-corrected chi connectivity index (χ1v) is 5.56. The van der Waals surface area contributed by atoms with Crippen LogP contribution in [0.15, 0.2) is 12.2 Å². The number of allylic oxidation sites excluding steroid dienone is 2. The number of aliphatic hydroxyl groups excluding tert-OH is 1. The Balaban J connectivity index is 1.85. The molecular weight excluding hydrogens is 176 g/mol. The molecule has 0 radical (unpaired) electrons. The molecule has 0 aliphatic heterocycles. The Kier molecular flexibility index (Phi) is 3.02. The van der Waals surface area contributed by atoms with Gasteiger partial charge in [-0.2, -0.15) is 0 Å². The topological polar surface area (TPSA) is 37.3 Å². The zero-order valence-corrected chi connectivity index (χ0v) is 8.43. The average molecular weight is 194 g/mol. The number of aldehydes is 1. The fraction of sp³-hybridized carbons (Fsp3) is 0.750. The molecule has 4 atom stereocenters. The Morgan fingerprint density at radius 2 is 2.29 bits per heavy atom. The summed E-state index contributed by atoms with van der Waals surface area (Å²) in [6.45, 7) is 0.163. The molecule has 0 heterocycles. The Morgan fingerprint density at radius 1 is 1.43 bits per heavy atom. The summed E-state index contributed by atoms with van der Waals surface area (Å²) < 4.78 is 0. The van der Waals surface area contributed by atoms with Crippen molar-refractivity contribution in [1.29, 1.82) is 0 Å². The van der Waals surface area contributed by atoms with Gasteiger partial charge in [0.25, 0.3) is 0 Å². The maximum absolute atomic E-state index is 10.4. The van der Waals surface area contributed by atoms with Crippen molar-refractivity contribution in [3.63, 3.8) is 0 Å². The van der Waals surface area contributed by atoms with Crippen LogP contribution in [-0.2, 0) is 4.79 Å². The molecule has 4 unspecified atom stereocenters. The minimum absolute atomic E-state index is 0.163. The van der Waals surface area contributed by atoms with Gasteiger partial charge in [-0.3, -0.25) is 0 Å². The molecule has 0 spiro atoms. The summed E-state index contributed by atoms with van der Waals surface area (Å²) in [7, 11) is 0. The van der Waals surface area contributed by atoms with Crippen LogP contribution in [0.1, 0.15) is 25.7 Å². The number of carbonyl (C=O) groups excluding carboxylic acids is 1. The van der Waals surface area contributed by atoms with Crippen molar-refractivity contribution >= 4 is 6.29 Å². The van der Waals surface area contributed by atoms with Crippen LogP contribution in [0, 0.1) is 23.7 Å². The van der Waals surface area contributed by atoms with E-state index < -0.39 is 0 Å². The van der Waals surface area contributed by atoms with E-state index >= 15 is 0 Å². The third kappa shape index (κ3) is 1.90. The molecule has 14 heavy (non-hydrogen) atoms. The highest BCUT2D eigenvalue weighted by atomic mass is 16.3. The van der Waals surface area contributed by atoms with Crippen molar-refractivity contribution in [2.75, 3.05) is 6.61 Å². The Hall–Kier alpha value is -0.630. The van der Waals surface area contributed by atoms with E-state index in [4.69, 9.17) is 5.11 Å². The second-order valence-electron chi connectivity index (χ2n) is 4.73. The SMILES string of the molecule is O=CCC(CO)CC1CC2C=CC1C2. The third-order valence-corrected chi connectivity index (χ3v) is 3.74. The molecule has 1 fully saturated rings. The summed E-state index contributed by atoms with van der Waals surface area (Å²) in [5, 5.41) is 9.11. The van der Waals surface area contributed by atoms with E-state index in [2.05, 4.69) is 12.2 Å². The van der Waals surface area contributed by atoms with E-state index in [0.29, 0.717) is 6.42 Å². The molecule has 0 saturated heterocycles. The Bertz CT molecular complexity index is 234. The second kappa shape index (κ2) is 4.26. The summed E-state index contributed by atoms with van der Waals surface area (Å²) >= 11 is 0. The quantitative estimate of drug-likeness (QED) is 0.535. The number of aliphatic hydroxyl groups is 1. The lowest BCUT2D eigenvalue weighted by molar-refractivity contribution is -0.109. The van der Waals surface area contributed by atoms with Gasteiger partial charge in [-0.05, 0) is 42.9 Å². The largest absolute Gasteiger partial charge is 0.396 e. The van der Waals surface area contributed by atoms with Crippen LogP contribution < -0.4 is 0 Å². The first-order valence-electron chi connectivity index (χ1n) is 5.56. The van der Waals surface area contributed by atoms with E-state index in [-0.39, 0.29) is 12.5 Å². The van der Waals surface area contributed by atoms with Crippen molar-refractivity contribution in [3.05, 3.63) is 12.2 Å². The molecule has 2 rings (SSSR count). The first kappa shape index (κ1) is 9.91. The molecule has 0 aromatic carbocycles. The van der Waals surface area contributed by atoms with E-state index in [1.54, 1.807) is 0 Å². The van der Waals surface area contributed by atoms with Gasteiger partial charge in [0.05, 0.1) is 0 Å². The lowest BCUT2D eigenvalue weighted by atomic mass is 9.84. The Morgan fingerprint density at radius 3 is 2.79 bits per heavy atom. The third-order valence-electron chi connectivity index (χ3n) is 3.74. The fourth-order valence-corrected chi connectivity index (χ4v) is 2.98. The van der Waals surface area contributed by atoms with Gasteiger partial charge in [0.1, 0.15) is 6.29 Å². The molecule has 2 aliphatic rings.